The molecule has 2 aromatic rings. The van der Waals surface area contributed by atoms with Crippen LogP contribution in [0.5, 0.6) is 0 Å². The minimum absolute atomic E-state index is 0.0826. The summed E-state index contributed by atoms with van der Waals surface area (Å²) < 4.78 is 5.58. The van der Waals surface area contributed by atoms with Crippen LogP contribution in [0.25, 0.3) is 0 Å². The quantitative estimate of drug-likeness (QED) is 0.810. The zero-order valence-electron chi connectivity index (χ0n) is 14.5. The van der Waals surface area contributed by atoms with Gasteiger partial charge in [0, 0.05) is 45.1 Å². The van der Waals surface area contributed by atoms with Crippen LogP contribution < -0.4 is 0 Å². The van der Waals surface area contributed by atoms with Crippen LogP contribution >= 0.6 is 0 Å². The van der Waals surface area contributed by atoms with Crippen molar-refractivity contribution in [2.75, 3.05) is 32.8 Å². The van der Waals surface area contributed by atoms with Gasteiger partial charge in [-0.05, 0) is 23.6 Å². The predicted octanol–water partition coefficient (Wildman–Crippen LogP) is 2.33. The molecule has 132 valence electrons. The fraction of sp³-hybridized carbons (Fsp3) is 0.400. The molecule has 0 bridgehead atoms. The first-order valence-electron chi connectivity index (χ1n) is 8.82. The first-order valence-corrected chi connectivity index (χ1v) is 8.82. The summed E-state index contributed by atoms with van der Waals surface area (Å²) in [6.07, 6.45) is 4.69. The van der Waals surface area contributed by atoms with Gasteiger partial charge < -0.3 is 9.64 Å². The number of carbonyl (C=O) groups excluding carboxylic acids is 1. The van der Waals surface area contributed by atoms with Crippen molar-refractivity contribution in [3.8, 4) is 0 Å². The second-order valence-corrected chi connectivity index (χ2v) is 6.35. The number of hydrogen-bond donors (Lipinski definition) is 0. The first-order chi connectivity index (χ1) is 12.3. The minimum Gasteiger partial charge on any atom is -0.367 e. The predicted molar refractivity (Wildman–Crippen MR) is 96.8 cm³/mol. The molecule has 0 aliphatic carbocycles. The van der Waals surface area contributed by atoms with Crippen LogP contribution in [0.2, 0.25) is 0 Å². The third-order valence-electron chi connectivity index (χ3n) is 4.41. The molecule has 5 nitrogen and oxygen atoms in total. The zero-order chi connectivity index (χ0) is 17.3. The van der Waals surface area contributed by atoms with E-state index in [-0.39, 0.29) is 12.5 Å². The molecule has 5 heteroatoms. The van der Waals surface area contributed by atoms with Gasteiger partial charge in [0.25, 0.3) is 0 Å². The van der Waals surface area contributed by atoms with Gasteiger partial charge in [0.2, 0.25) is 5.91 Å². The number of carbonyl (C=O) groups is 1. The third-order valence-corrected chi connectivity index (χ3v) is 4.41. The molecule has 0 atom stereocenters. The highest BCUT2D eigenvalue weighted by atomic mass is 16.5. The van der Waals surface area contributed by atoms with E-state index in [0.29, 0.717) is 6.61 Å². The molecule has 0 saturated carbocycles. The lowest BCUT2D eigenvalue weighted by Crippen LogP contribution is -2.37. The van der Waals surface area contributed by atoms with Crippen LogP contribution in [-0.2, 0) is 22.7 Å². The van der Waals surface area contributed by atoms with Crippen molar-refractivity contribution in [3.63, 3.8) is 0 Å². The van der Waals surface area contributed by atoms with Crippen molar-refractivity contribution < 1.29 is 9.53 Å². The van der Waals surface area contributed by atoms with Gasteiger partial charge in [0.05, 0.1) is 6.61 Å². The fourth-order valence-electron chi connectivity index (χ4n) is 3.05. The number of benzene rings is 1. The van der Waals surface area contributed by atoms with Crippen molar-refractivity contribution in [3.05, 3.63) is 66.0 Å². The summed E-state index contributed by atoms with van der Waals surface area (Å²) in [6.45, 7) is 4.97. The Morgan fingerprint density at radius 3 is 2.64 bits per heavy atom. The highest BCUT2D eigenvalue weighted by molar-refractivity contribution is 5.77. The highest BCUT2D eigenvalue weighted by Crippen LogP contribution is 2.09. The van der Waals surface area contributed by atoms with E-state index in [2.05, 4.69) is 16.0 Å². The molecule has 0 N–H and O–H groups in total. The molecule has 0 radical (unpaired) electrons. The fourth-order valence-corrected chi connectivity index (χ4v) is 3.05. The molecular weight excluding hydrogens is 314 g/mol. The normalized spacial score (nSPS) is 15.8. The van der Waals surface area contributed by atoms with Gasteiger partial charge >= 0.3 is 0 Å². The summed E-state index contributed by atoms with van der Waals surface area (Å²) in [5, 5.41) is 0. The Balaban J connectivity index is 1.42. The van der Waals surface area contributed by atoms with E-state index in [4.69, 9.17) is 4.74 Å². The van der Waals surface area contributed by atoms with Gasteiger partial charge in [-0.2, -0.15) is 0 Å². The maximum absolute atomic E-state index is 12.4. The SMILES string of the molecule is O=C(COCc1ccccc1)N1CCCN(Cc2cccnc2)CC1. The number of pyridine rings is 1. The van der Waals surface area contributed by atoms with Gasteiger partial charge in [0.1, 0.15) is 6.61 Å². The number of nitrogens with zero attached hydrogens (tertiary/aromatic N) is 3. The van der Waals surface area contributed by atoms with E-state index < -0.39 is 0 Å². The Bertz CT molecular complexity index is 649. The van der Waals surface area contributed by atoms with Gasteiger partial charge in [-0.25, -0.2) is 0 Å². The molecule has 1 aliphatic rings. The lowest BCUT2D eigenvalue weighted by atomic mass is 10.2. The van der Waals surface area contributed by atoms with Crippen LogP contribution in [0.15, 0.2) is 54.9 Å². The molecule has 1 saturated heterocycles. The van der Waals surface area contributed by atoms with Crippen LogP contribution in [0.4, 0.5) is 0 Å². The van der Waals surface area contributed by atoms with Gasteiger partial charge in [0.15, 0.2) is 0 Å². The van der Waals surface area contributed by atoms with E-state index >= 15 is 0 Å². The summed E-state index contributed by atoms with van der Waals surface area (Å²) in [6, 6.07) is 14.0. The monoisotopic (exact) mass is 339 g/mol. The summed E-state index contributed by atoms with van der Waals surface area (Å²) in [5.41, 5.74) is 2.31. The van der Waals surface area contributed by atoms with E-state index in [9.17, 15) is 4.79 Å². The lowest BCUT2D eigenvalue weighted by molar-refractivity contribution is -0.136. The Hall–Kier alpha value is -2.24. The molecule has 1 fully saturated rings. The van der Waals surface area contributed by atoms with Gasteiger partial charge in [-0.1, -0.05) is 36.4 Å². The second kappa shape index (κ2) is 9.30. The van der Waals surface area contributed by atoms with Crippen molar-refractivity contribution in [1.29, 1.82) is 0 Å². The topological polar surface area (TPSA) is 45.7 Å². The molecule has 1 aliphatic heterocycles. The third kappa shape index (κ3) is 5.66. The second-order valence-electron chi connectivity index (χ2n) is 6.35. The average molecular weight is 339 g/mol. The Morgan fingerprint density at radius 2 is 1.84 bits per heavy atom. The summed E-state index contributed by atoms with van der Waals surface area (Å²) in [4.78, 5) is 20.9. The Morgan fingerprint density at radius 1 is 1.00 bits per heavy atom. The molecule has 1 aromatic carbocycles. The first kappa shape index (κ1) is 17.6. The molecule has 0 spiro atoms. The molecule has 25 heavy (non-hydrogen) atoms. The van der Waals surface area contributed by atoms with Crippen LogP contribution in [0.3, 0.4) is 0 Å². The maximum Gasteiger partial charge on any atom is 0.248 e. The molecule has 1 amide bonds. The van der Waals surface area contributed by atoms with Crippen LogP contribution in [0, 0.1) is 0 Å². The van der Waals surface area contributed by atoms with Crippen molar-refractivity contribution in [1.82, 2.24) is 14.8 Å². The van der Waals surface area contributed by atoms with E-state index in [1.54, 1.807) is 6.20 Å². The van der Waals surface area contributed by atoms with Crippen molar-refractivity contribution in [2.24, 2.45) is 0 Å². The Kier molecular flexibility index (Phi) is 6.54. The zero-order valence-corrected chi connectivity index (χ0v) is 14.5. The standard InChI is InChI=1S/C20H25N3O2/c24-20(17-25-16-18-6-2-1-3-7-18)23-11-5-10-22(12-13-23)15-19-8-4-9-21-14-19/h1-4,6-9,14H,5,10-13,15-17H2. The van der Waals surface area contributed by atoms with E-state index in [0.717, 1.165) is 44.7 Å². The minimum atomic E-state index is 0.0826. The molecule has 3 rings (SSSR count). The smallest absolute Gasteiger partial charge is 0.248 e. The number of amides is 1. The van der Waals surface area contributed by atoms with Gasteiger partial charge in [-0.3, -0.25) is 14.7 Å². The molecule has 0 unspecified atom stereocenters. The lowest BCUT2D eigenvalue weighted by Gasteiger charge is -2.22. The maximum atomic E-state index is 12.4. The molecular formula is C20H25N3O2. The summed E-state index contributed by atoms with van der Waals surface area (Å²) in [5.74, 6) is 0.0826. The van der Waals surface area contributed by atoms with Crippen molar-refractivity contribution >= 4 is 5.91 Å². The average Bonchev–Trinajstić information content (AvgIpc) is 2.89. The summed E-state index contributed by atoms with van der Waals surface area (Å²) in [7, 11) is 0. The Labute approximate surface area is 149 Å². The highest BCUT2D eigenvalue weighted by Gasteiger charge is 2.19. The number of hydrogen-bond acceptors (Lipinski definition) is 4. The number of aromatic nitrogens is 1. The van der Waals surface area contributed by atoms with Gasteiger partial charge in [-0.15, -0.1) is 0 Å². The molecule has 1 aromatic heterocycles. The number of rotatable bonds is 6. The van der Waals surface area contributed by atoms with Crippen LogP contribution in [0.1, 0.15) is 17.5 Å². The van der Waals surface area contributed by atoms with E-state index in [1.807, 2.05) is 47.5 Å². The van der Waals surface area contributed by atoms with Crippen LogP contribution in [-0.4, -0.2) is 53.5 Å². The van der Waals surface area contributed by atoms with E-state index in [1.165, 1.54) is 5.56 Å². The molecule has 2 heterocycles. The largest absolute Gasteiger partial charge is 0.367 e. The summed E-state index contributed by atoms with van der Waals surface area (Å²) >= 11 is 0. The number of ether oxygens (including phenoxy) is 1. The van der Waals surface area contributed by atoms with Crippen molar-refractivity contribution in [2.45, 2.75) is 19.6 Å².